The maximum Gasteiger partial charge on any atom is 0.325 e. The summed E-state index contributed by atoms with van der Waals surface area (Å²) in [7, 11) is 0. The van der Waals surface area contributed by atoms with Crippen LogP contribution in [0.1, 0.15) is 22.3 Å². The molecule has 8 nitrogen and oxygen atoms in total. The fourth-order valence-corrected chi connectivity index (χ4v) is 6.68. The molecule has 6 rings (SSSR count). The molecule has 0 atom stereocenters. The van der Waals surface area contributed by atoms with E-state index in [0.717, 1.165) is 11.1 Å². The maximum atomic E-state index is 14.5. The van der Waals surface area contributed by atoms with Gasteiger partial charge in [-0.2, -0.15) is 0 Å². The normalized spacial score (nSPS) is 23.8. The average Bonchev–Trinajstić information content (AvgIpc) is 3.15. The molecule has 0 radical (unpaired) electrons. The number of carbonyl (C=O) groups excluding carboxylic acids is 4. The van der Waals surface area contributed by atoms with Crippen LogP contribution in [0.3, 0.4) is 0 Å². The van der Waals surface area contributed by atoms with Gasteiger partial charge < -0.3 is 0 Å². The Balaban J connectivity index is 1.79. The maximum absolute atomic E-state index is 14.5. The second kappa shape index (κ2) is 8.85. The van der Waals surface area contributed by atoms with E-state index in [9.17, 15) is 19.2 Å². The van der Waals surface area contributed by atoms with E-state index in [1.54, 1.807) is 34.1 Å². The zero-order chi connectivity index (χ0) is 26.7. The molecule has 0 aliphatic carbocycles. The third-order valence-corrected chi connectivity index (χ3v) is 7.90. The Bertz CT molecular complexity index is 1400. The largest absolute Gasteiger partial charge is 0.325 e. The zero-order valence-corrected chi connectivity index (χ0v) is 21.6. The van der Waals surface area contributed by atoms with Crippen molar-refractivity contribution in [2.75, 3.05) is 13.1 Å². The van der Waals surface area contributed by atoms with Gasteiger partial charge in [0.05, 0.1) is 26.2 Å². The van der Waals surface area contributed by atoms with Crippen LogP contribution in [0.25, 0.3) is 0 Å². The van der Waals surface area contributed by atoms with Crippen molar-refractivity contribution in [1.29, 1.82) is 0 Å². The quantitative estimate of drug-likeness (QED) is 0.427. The average molecular weight is 549 g/mol. The SMILES string of the molecule is O=C(Cl)CN1C(=O)N2Cc3ccccc3CN3C(=O)N(CC(=O)Cl)C1(c1ccccc1)C23c1ccccc1. The summed E-state index contributed by atoms with van der Waals surface area (Å²) in [6.45, 7) is -0.651. The third kappa shape index (κ3) is 3.10. The van der Waals surface area contributed by atoms with Crippen LogP contribution in [-0.2, 0) is 34.0 Å². The number of hydrogen-bond acceptors (Lipinski definition) is 4. The fraction of sp³-hybridized carbons (Fsp3) is 0.214. The smallest absolute Gasteiger partial charge is 0.289 e. The molecule has 38 heavy (non-hydrogen) atoms. The van der Waals surface area contributed by atoms with E-state index in [4.69, 9.17) is 23.2 Å². The number of benzene rings is 3. The molecular weight excluding hydrogens is 527 g/mol. The van der Waals surface area contributed by atoms with E-state index < -0.39 is 47.0 Å². The minimum atomic E-state index is -1.65. The molecule has 0 bridgehead atoms. The predicted octanol–water partition coefficient (Wildman–Crippen LogP) is 4.41. The first kappa shape index (κ1) is 24.5. The molecule has 0 spiro atoms. The van der Waals surface area contributed by atoms with E-state index in [1.165, 1.54) is 9.80 Å². The van der Waals surface area contributed by atoms with Gasteiger partial charge in [0.2, 0.25) is 10.5 Å². The number of urea groups is 2. The van der Waals surface area contributed by atoms with Crippen molar-refractivity contribution in [3.05, 3.63) is 107 Å². The van der Waals surface area contributed by atoms with E-state index in [0.29, 0.717) is 11.1 Å². The molecule has 2 fully saturated rings. The van der Waals surface area contributed by atoms with Crippen molar-refractivity contribution >= 4 is 45.7 Å². The van der Waals surface area contributed by atoms with Crippen LogP contribution < -0.4 is 0 Å². The van der Waals surface area contributed by atoms with Gasteiger partial charge in [0.25, 0.3) is 0 Å². The first-order valence-corrected chi connectivity index (χ1v) is 12.8. The van der Waals surface area contributed by atoms with Crippen molar-refractivity contribution in [2.45, 2.75) is 24.4 Å². The van der Waals surface area contributed by atoms with Crippen molar-refractivity contribution in [1.82, 2.24) is 19.6 Å². The van der Waals surface area contributed by atoms with Gasteiger partial charge in [-0.1, -0.05) is 84.9 Å². The minimum Gasteiger partial charge on any atom is -0.289 e. The monoisotopic (exact) mass is 548 g/mol. The van der Waals surface area contributed by atoms with Crippen molar-refractivity contribution < 1.29 is 19.2 Å². The molecule has 3 heterocycles. The van der Waals surface area contributed by atoms with Gasteiger partial charge in [0.1, 0.15) is 0 Å². The van der Waals surface area contributed by atoms with Gasteiger partial charge in [-0.25, -0.2) is 9.59 Å². The molecule has 4 amide bonds. The van der Waals surface area contributed by atoms with Crippen LogP contribution >= 0.6 is 23.2 Å². The second-order valence-corrected chi connectivity index (χ2v) is 10.3. The van der Waals surface area contributed by atoms with Crippen molar-refractivity contribution in [2.24, 2.45) is 0 Å². The van der Waals surface area contributed by atoms with Crippen LogP contribution in [0.15, 0.2) is 84.9 Å². The van der Waals surface area contributed by atoms with Gasteiger partial charge >= 0.3 is 12.1 Å². The Morgan fingerprint density at radius 1 is 0.605 bits per heavy atom. The van der Waals surface area contributed by atoms with Gasteiger partial charge in [-0.05, 0) is 34.3 Å². The summed E-state index contributed by atoms with van der Waals surface area (Å²) in [5.74, 6) is 0. The summed E-state index contributed by atoms with van der Waals surface area (Å²) in [6, 6.07) is 24.8. The number of hydrogen-bond donors (Lipinski definition) is 0. The van der Waals surface area contributed by atoms with Gasteiger partial charge in [-0.15, -0.1) is 0 Å². The molecular formula is C28H22Cl2N4O4. The highest BCUT2D eigenvalue weighted by atomic mass is 35.5. The highest BCUT2D eigenvalue weighted by Gasteiger charge is 2.80. The molecule has 3 aromatic carbocycles. The number of fused-ring (bicyclic) bond motifs is 1. The summed E-state index contributed by atoms with van der Waals surface area (Å²) < 4.78 is 0. The molecule has 10 heteroatoms. The predicted molar refractivity (Wildman–Crippen MR) is 140 cm³/mol. The standard InChI is InChI=1S/C28H22Cl2N4O4/c29-23(35)17-33-25(37)31-15-19-9-7-8-10-20(19)16-32-26(38)34(18-24(30)36)28(33,22-13-5-2-6-14-22)27(31,32)21-11-3-1-4-12-21/h1-14H,15-18H2. The molecule has 0 unspecified atom stereocenters. The van der Waals surface area contributed by atoms with E-state index in [-0.39, 0.29) is 13.1 Å². The van der Waals surface area contributed by atoms with Crippen LogP contribution in [0.2, 0.25) is 0 Å². The minimum absolute atomic E-state index is 0.165. The fourth-order valence-electron chi connectivity index (χ4n) is 6.44. The first-order valence-electron chi connectivity index (χ1n) is 12.1. The van der Waals surface area contributed by atoms with Crippen LogP contribution in [0, 0.1) is 0 Å². The molecule has 0 saturated carbocycles. The number of rotatable bonds is 6. The summed E-state index contributed by atoms with van der Waals surface area (Å²) >= 11 is 11.9. The summed E-state index contributed by atoms with van der Waals surface area (Å²) in [6.07, 6.45) is 0. The van der Waals surface area contributed by atoms with Crippen molar-refractivity contribution in [3.63, 3.8) is 0 Å². The van der Waals surface area contributed by atoms with Crippen molar-refractivity contribution in [3.8, 4) is 0 Å². The Morgan fingerprint density at radius 2 is 0.974 bits per heavy atom. The highest BCUT2D eigenvalue weighted by molar-refractivity contribution is 6.64. The van der Waals surface area contributed by atoms with Crippen LogP contribution in [0.4, 0.5) is 9.59 Å². The number of amides is 4. The van der Waals surface area contributed by atoms with Gasteiger partial charge in [0.15, 0.2) is 11.3 Å². The second-order valence-electron chi connectivity index (χ2n) is 9.47. The van der Waals surface area contributed by atoms with E-state index in [2.05, 4.69) is 0 Å². The number of nitrogens with zero attached hydrogens (tertiary/aromatic N) is 4. The molecule has 0 N–H and O–H groups in total. The molecule has 3 aliphatic heterocycles. The molecule has 3 aromatic rings. The zero-order valence-electron chi connectivity index (χ0n) is 20.1. The van der Waals surface area contributed by atoms with E-state index in [1.807, 2.05) is 60.7 Å². The van der Waals surface area contributed by atoms with E-state index >= 15 is 0 Å². The Kier molecular flexibility index (Phi) is 5.70. The number of halogens is 2. The Labute approximate surface area is 228 Å². The number of carbonyl (C=O) groups is 4. The molecule has 2 saturated heterocycles. The molecule has 192 valence electrons. The van der Waals surface area contributed by atoms with Crippen LogP contribution in [0.5, 0.6) is 0 Å². The van der Waals surface area contributed by atoms with Crippen LogP contribution in [-0.4, -0.2) is 55.2 Å². The summed E-state index contributed by atoms with van der Waals surface area (Å²) in [5.41, 5.74) is -0.189. The highest BCUT2D eigenvalue weighted by Crippen LogP contribution is 2.63. The Morgan fingerprint density at radius 3 is 1.37 bits per heavy atom. The summed E-state index contributed by atoms with van der Waals surface area (Å²) in [5, 5.41) is -1.56. The lowest BCUT2D eigenvalue weighted by atomic mass is 9.79. The Hall–Kier alpha value is -3.88. The van der Waals surface area contributed by atoms with Gasteiger partial charge in [0, 0.05) is 11.1 Å². The molecule has 0 aromatic heterocycles. The lowest BCUT2D eigenvalue weighted by Crippen LogP contribution is -2.64. The third-order valence-electron chi connectivity index (χ3n) is 7.67. The lowest BCUT2D eigenvalue weighted by Gasteiger charge is -2.49. The topological polar surface area (TPSA) is 81.2 Å². The van der Waals surface area contributed by atoms with Gasteiger partial charge in [-0.3, -0.25) is 29.2 Å². The lowest BCUT2D eigenvalue weighted by molar-refractivity contribution is -0.121. The first-order chi connectivity index (χ1) is 18.3. The molecule has 3 aliphatic rings. The summed E-state index contributed by atoms with van der Waals surface area (Å²) in [4.78, 5) is 59.8.